The van der Waals surface area contributed by atoms with Gasteiger partial charge in [0, 0.05) is 12.8 Å². The van der Waals surface area contributed by atoms with Gasteiger partial charge in [-0.1, -0.05) is 353 Å². The topological polar surface area (TPSA) is 95.9 Å². The molecule has 0 aliphatic rings. The van der Waals surface area contributed by atoms with Crippen molar-refractivity contribution in [2.75, 3.05) is 13.2 Å². The summed E-state index contributed by atoms with van der Waals surface area (Å²) in [6.45, 7) is 4.97. The summed E-state index contributed by atoms with van der Waals surface area (Å²) < 4.78 is 5.50. The molecule has 3 N–H and O–H groups in total. The van der Waals surface area contributed by atoms with Crippen LogP contribution in [0.4, 0.5) is 0 Å². The minimum atomic E-state index is -0.658. The lowest BCUT2D eigenvalue weighted by atomic mass is 10.0. The number of aliphatic hydroxyl groups excluding tert-OH is 2. The van der Waals surface area contributed by atoms with Gasteiger partial charge in [-0.15, -0.1) is 0 Å². The molecule has 0 bridgehead atoms. The first-order valence-electron chi connectivity index (χ1n) is 35.4. The Morgan fingerprint density at radius 3 is 0.922 bits per heavy atom. The Balaban J connectivity index is 3.28. The number of aliphatic hydroxyl groups is 2. The average molecular weight is 1090 g/mol. The molecule has 0 aromatic heterocycles. The van der Waals surface area contributed by atoms with Gasteiger partial charge in [0.2, 0.25) is 5.91 Å². The highest BCUT2D eigenvalue weighted by Gasteiger charge is 2.20. The van der Waals surface area contributed by atoms with Gasteiger partial charge in [-0.05, 0) is 51.4 Å². The zero-order valence-corrected chi connectivity index (χ0v) is 52.5. The van der Waals surface area contributed by atoms with Gasteiger partial charge in [0.05, 0.1) is 25.4 Å². The van der Waals surface area contributed by atoms with Crippen LogP contribution in [-0.2, 0) is 14.3 Å². The van der Waals surface area contributed by atoms with Gasteiger partial charge >= 0.3 is 5.97 Å². The quantitative estimate of drug-likeness (QED) is 0.0320. The number of esters is 1. The Morgan fingerprint density at radius 2 is 0.610 bits per heavy atom. The second-order valence-electron chi connectivity index (χ2n) is 24.6. The molecule has 0 spiro atoms. The predicted molar refractivity (Wildman–Crippen MR) is 338 cm³/mol. The fourth-order valence-corrected chi connectivity index (χ4v) is 11.4. The van der Waals surface area contributed by atoms with Crippen LogP contribution < -0.4 is 5.32 Å². The Morgan fingerprint density at radius 1 is 0.351 bits per heavy atom. The molecule has 2 unspecified atom stereocenters. The molecular formula is C71H139NO5. The Labute approximate surface area is 482 Å². The zero-order chi connectivity index (χ0) is 55.7. The van der Waals surface area contributed by atoms with Gasteiger partial charge < -0.3 is 20.3 Å². The lowest BCUT2D eigenvalue weighted by molar-refractivity contribution is -0.143. The first-order valence-corrected chi connectivity index (χ1v) is 35.4. The van der Waals surface area contributed by atoms with Crippen molar-refractivity contribution in [2.45, 2.75) is 418 Å². The van der Waals surface area contributed by atoms with Gasteiger partial charge in [-0.3, -0.25) is 9.59 Å². The summed E-state index contributed by atoms with van der Waals surface area (Å²) in [6, 6.07) is -0.535. The van der Waals surface area contributed by atoms with Crippen LogP contribution in [0.15, 0.2) is 12.2 Å². The van der Waals surface area contributed by atoms with Crippen molar-refractivity contribution in [1.29, 1.82) is 0 Å². The summed E-state index contributed by atoms with van der Waals surface area (Å²) in [4.78, 5) is 24.5. The van der Waals surface area contributed by atoms with E-state index >= 15 is 0 Å². The van der Waals surface area contributed by atoms with Crippen LogP contribution in [0.1, 0.15) is 406 Å². The number of rotatable bonds is 67. The lowest BCUT2D eigenvalue weighted by Gasteiger charge is -2.22. The zero-order valence-electron chi connectivity index (χ0n) is 52.5. The number of carbonyl (C=O) groups excluding carboxylic acids is 2. The second-order valence-corrected chi connectivity index (χ2v) is 24.6. The number of nitrogens with one attached hydrogen (secondary N) is 1. The molecule has 0 saturated carbocycles. The van der Waals surface area contributed by atoms with Gasteiger partial charge in [0.25, 0.3) is 0 Å². The van der Waals surface area contributed by atoms with E-state index in [0.717, 1.165) is 44.9 Å². The van der Waals surface area contributed by atoms with E-state index in [1.807, 2.05) is 0 Å². The van der Waals surface area contributed by atoms with E-state index in [4.69, 9.17) is 4.74 Å². The third kappa shape index (κ3) is 63.6. The summed E-state index contributed by atoms with van der Waals surface area (Å²) in [6.07, 6.45) is 82.8. The van der Waals surface area contributed by atoms with Gasteiger partial charge in [-0.2, -0.15) is 0 Å². The fraction of sp³-hybridized carbons (Fsp3) is 0.944. The number of amides is 1. The van der Waals surface area contributed by atoms with E-state index in [1.165, 1.54) is 327 Å². The van der Waals surface area contributed by atoms with Crippen LogP contribution in [0.2, 0.25) is 0 Å². The first-order chi connectivity index (χ1) is 38.0. The predicted octanol–water partition coefficient (Wildman–Crippen LogP) is 22.8. The molecule has 0 heterocycles. The van der Waals surface area contributed by atoms with Crippen LogP contribution in [0.25, 0.3) is 0 Å². The number of unbranched alkanes of at least 4 members (excludes halogenated alkanes) is 54. The molecule has 6 heteroatoms. The monoisotopic (exact) mass is 1090 g/mol. The van der Waals surface area contributed by atoms with Crippen molar-refractivity contribution in [1.82, 2.24) is 5.32 Å². The van der Waals surface area contributed by atoms with E-state index in [2.05, 4.69) is 31.3 Å². The maximum atomic E-state index is 12.5. The highest BCUT2D eigenvalue weighted by Crippen LogP contribution is 2.19. The number of hydrogen-bond donors (Lipinski definition) is 3. The van der Waals surface area contributed by atoms with Crippen molar-refractivity contribution in [3.8, 4) is 0 Å². The molecule has 0 radical (unpaired) electrons. The molecule has 0 aliphatic carbocycles. The van der Waals surface area contributed by atoms with Crippen molar-refractivity contribution >= 4 is 11.9 Å². The van der Waals surface area contributed by atoms with Crippen molar-refractivity contribution in [3.63, 3.8) is 0 Å². The molecule has 1 amide bonds. The van der Waals surface area contributed by atoms with Crippen LogP contribution in [0, 0.1) is 0 Å². The number of carbonyl (C=O) groups is 2. The maximum absolute atomic E-state index is 12.5. The summed E-state index contributed by atoms with van der Waals surface area (Å²) in [5.74, 6) is -0.0138. The smallest absolute Gasteiger partial charge is 0.305 e. The third-order valence-electron chi connectivity index (χ3n) is 16.8. The summed E-state index contributed by atoms with van der Waals surface area (Å²) in [5.41, 5.74) is 0. The average Bonchev–Trinajstić information content (AvgIpc) is 3.43. The van der Waals surface area contributed by atoms with Crippen LogP contribution in [0.3, 0.4) is 0 Å². The number of hydrogen-bond acceptors (Lipinski definition) is 5. The molecule has 6 nitrogen and oxygen atoms in total. The molecular weight excluding hydrogens is 947 g/mol. The second kappa shape index (κ2) is 67.1. The Bertz CT molecular complexity index is 1160. The Hall–Kier alpha value is -1.40. The van der Waals surface area contributed by atoms with Crippen molar-refractivity contribution < 1.29 is 24.5 Å². The molecule has 458 valence electrons. The summed E-state index contributed by atoms with van der Waals surface area (Å²) in [7, 11) is 0. The largest absolute Gasteiger partial charge is 0.466 e. The van der Waals surface area contributed by atoms with Crippen molar-refractivity contribution in [3.05, 3.63) is 12.2 Å². The van der Waals surface area contributed by atoms with Crippen molar-refractivity contribution in [2.24, 2.45) is 0 Å². The SMILES string of the molecule is CCCCCCCCC/C=C\CCCCCCCC(=O)OCCCCCCCCCCCCCCCCCCCCCCCCCCCCCCCCCCCC(=O)NC(CO)C(O)CCCCCCCCCCCCC. The number of ether oxygens (including phenoxy) is 1. The molecule has 0 aromatic rings. The van der Waals surface area contributed by atoms with E-state index in [-0.39, 0.29) is 18.5 Å². The highest BCUT2D eigenvalue weighted by atomic mass is 16.5. The van der Waals surface area contributed by atoms with Crippen LogP contribution >= 0.6 is 0 Å². The minimum Gasteiger partial charge on any atom is -0.466 e. The molecule has 0 aromatic carbocycles. The molecule has 0 fully saturated rings. The van der Waals surface area contributed by atoms with Gasteiger partial charge in [0.1, 0.15) is 0 Å². The molecule has 0 aliphatic heterocycles. The fourth-order valence-electron chi connectivity index (χ4n) is 11.4. The lowest BCUT2D eigenvalue weighted by Crippen LogP contribution is -2.45. The molecule has 77 heavy (non-hydrogen) atoms. The summed E-state index contributed by atoms with van der Waals surface area (Å²) >= 11 is 0. The van der Waals surface area contributed by atoms with Crippen LogP contribution in [0.5, 0.6) is 0 Å². The third-order valence-corrected chi connectivity index (χ3v) is 16.8. The van der Waals surface area contributed by atoms with E-state index in [9.17, 15) is 19.8 Å². The van der Waals surface area contributed by atoms with Gasteiger partial charge in [0.15, 0.2) is 0 Å². The highest BCUT2D eigenvalue weighted by molar-refractivity contribution is 5.76. The normalized spacial score (nSPS) is 12.5. The van der Waals surface area contributed by atoms with Gasteiger partial charge in [-0.25, -0.2) is 0 Å². The molecule has 2 atom stereocenters. The molecule has 0 saturated heterocycles. The van der Waals surface area contributed by atoms with E-state index in [0.29, 0.717) is 25.9 Å². The summed E-state index contributed by atoms with van der Waals surface area (Å²) in [5, 5.41) is 23.2. The number of allylic oxidation sites excluding steroid dienone is 2. The van der Waals surface area contributed by atoms with E-state index < -0.39 is 12.1 Å². The van der Waals surface area contributed by atoms with Crippen LogP contribution in [-0.4, -0.2) is 47.4 Å². The first kappa shape index (κ1) is 75.6. The van der Waals surface area contributed by atoms with E-state index in [1.54, 1.807) is 0 Å². The molecule has 0 rings (SSSR count). The Kier molecular flexibility index (Phi) is 65.9. The maximum Gasteiger partial charge on any atom is 0.305 e. The standard InChI is InChI=1S/C71H139NO5/c1-3-5-7-9-11-13-15-16-17-38-41-45-49-53-57-61-65-71(76)77-66-62-58-54-50-46-42-39-36-34-32-30-28-26-24-22-20-18-19-21-23-25-27-29-31-33-35-37-40-44-48-52-56-60-64-70(75)72-68(67-73)69(74)63-59-55-51-47-43-14-12-10-8-6-4-2/h17,38,68-69,73-74H,3-16,18-37,39-67H2,1-2H3,(H,72,75)/b38-17-. The minimum absolute atomic E-state index is 0.0151.